The van der Waals surface area contributed by atoms with Gasteiger partial charge in [0.15, 0.2) is 11.5 Å². The Hall–Kier alpha value is -2.07. The second kappa shape index (κ2) is 6.20. The van der Waals surface area contributed by atoms with Crippen molar-refractivity contribution < 1.29 is 9.15 Å². The quantitative estimate of drug-likeness (QED) is 0.637. The Bertz CT molecular complexity index is 938. The maximum atomic E-state index is 12.3. The number of rotatable bonds is 1. The van der Waals surface area contributed by atoms with Crippen LogP contribution in [0.4, 0.5) is 5.88 Å². The Kier molecular flexibility index (Phi) is 3.92. The van der Waals surface area contributed by atoms with Crippen LogP contribution in [0.3, 0.4) is 0 Å². The van der Waals surface area contributed by atoms with E-state index < -0.39 is 0 Å². The molecular formula is C17H13NO3S2. The molecule has 0 saturated carbocycles. The van der Waals surface area contributed by atoms with Crippen molar-refractivity contribution in [1.29, 1.82) is 0 Å². The Morgan fingerprint density at radius 1 is 1.17 bits per heavy atom. The molecule has 3 aromatic heterocycles. The predicted octanol–water partition coefficient (Wildman–Crippen LogP) is 3.15. The summed E-state index contributed by atoms with van der Waals surface area (Å²) in [4.78, 5) is 14.4. The van der Waals surface area contributed by atoms with Crippen molar-refractivity contribution in [2.24, 2.45) is 0 Å². The third-order valence-corrected chi connectivity index (χ3v) is 5.27. The molecule has 23 heavy (non-hydrogen) atoms. The maximum absolute atomic E-state index is 12.3. The van der Waals surface area contributed by atoms with E-state index >= 15 is 0 Å². The van der Waals surface area contributed by atoms with Gasteiger partial charge in [-0.1, -0.05) is 11.8 Å². The Morgan fingerprint density at radius 3 is 2.83 bits per heavy atom. The van der Waals surface area contributed by atoms with E-state index in [4.69, 9.17) is 9.15 Å². The zero-order valence-electron chi connectivity index (χ0n) is 12.2. The average Bonchev–Trinajstić information content (AvgIpc) is 3.23. The summed E-state index contributed by atoms with van der Waals surface area (Å²) in [5.74, 6) is 6.83. The summed E-state index contributed by atoms with van der Waals surface area (Å²) in [6.07, 6.45) is 0. The summed E-state index contributed by atoms with van der Waals surface area (Å²) < 4.78 is 12.0. The van der Waals surface area contributed by atoms with Gasteiger partial charge in [0, 0.05) is 35.5 Å². The molecule has 0 aliphatic carbocycles. The van der Waals surface area contributed by atoms with Gasteiger partial charge in [-0.3, -0.25) is 4.79 Å². The fourth-order valence-electron chi connectivity index (χ4n) is 2.43. The van der Waals surface area contributed by atoms with E-state index in [0.717, 1.165) is 24.2 Å². The highest BCUT2D eigenvalue weighted by atomic mass is 32.1. The zero-order chi connectivity index (χ0) is 15.6. The number of morpholine rings is 1. The maximum Gasteiger partial charge on any atom is 0.204 e. The number of nitrogens with zero attached hydrogens (tertiary/aromatic N) is 1. The van der Waals surface area contributed by atoms with Crippen LogP contribution in [0.2, 0.25) is 0 Å². The van der Waals surface area contributed by atoms with Gasteiger partial charge in [-0.15, -0.1) is 11.3 Å². The van der Waals surface area contributed by atoms with Gasteiger partial charge in [0.25, 0.3) is 0 Å². The zero-order valence-corrected chi connectivity index (χ0v) is 13.8. The average molecular weight is 343 g/mol. The normalized spacial score (nSPS) is 14.7. The molecule has 1 saturated heterocycles. The van der Waals surface area contributed by atoms with Gasteiger partial charge >= 0.3 is 0 Å². The highest BCUT2D eigenvalue weighted by molar-refractivity contribution is 7.17. The largest absolute Gasteiger partial charge is 0.438 e. The van der Waals surface area contributed by atoms with E-state index in [1.807, 2.05) is 27.1 Å². The fourth-order valence-corrected chi connectivity index (χ4v) is 3.85. The molecule has 116 valence electrons. The molecule has 3 aromatic rings. The van der Waals surface area contributed by atoms with E-state index in [9.17, 15) is 4.79 Å². The molecule has 1 aliphatic rings. The summed E-state index contributed by atoms with van der Waals surface area (Å²) in [5.41, 5.74) is 2.32. The highest BCUT2D eigenvalue weighted by Crippen LogP contribution is 2.27. The topological polar surface area (TPSA) is 42.7 Å². The fraction of sp³-hybridized carbons (Fsp3) is 0.235. The van der Waals surface area contributed by atoms with Crippen LogP contribution in [0.5, 0.6) is 0 Å². The number of fused-ring (bicyclic) bond motifs is 1. The number of thiophene rings is 2. The van der Waals surface area contributed by atoms with E-state index in [0.29, 0.717) is 29.4 Å². The number of hydrogen-bond acceptors (Lipinski definition) is 6. The monoisotopic (exact) mass is 343 g/mol. The minimum Gasteiger partial charge on any atom is -0.438 e. The SMILES string of the molecule is O=c1cc(N2CCOCC2)oc2c(C#Cc3ccsc3)csc12. The Labute approximate surface area is 140 Å². The number of hydrogen-bond donors (Lipinski definition) is 0. The smallest absolute Gasteiger partial charge is 0.204 e. The first-order valence-corrected chi connectivity index (χ1v) is 9.06. The van der Waals surface area contributed by atoms with Gasteiger partial charge in [0.05, 0.1) is 18.8 Å². The van der Waals surface area contributed by atoms with Crippen molar-refractivity contribution in [2.45, 2.75) is 0 Å². The van der Waals surface area contributed by atoms with Gasteiger partial charge in [-0.05, 0) is 11.4 Å². The molecule has 4 heterocycles. The minimum absolute atomic E-state index is 0.0127. The first-order chi connectivity index (χ1) is 11.3. The highest BCUT2D eigenvalue weighted by Gasteiger charge is 2.17. The molecular weight excluding hydrogens is 330 g/mol. The van der Waals surface area contributed by atoms with E-state index in [1.165, 1.54) is 11.3 Å². The molecule has 6 heteroatoms. The first-order valence-electron chi connectivity index (χ1n) is 7.23. The Morgan fingerprint density at radius 2 is 2.04 bits per heavy atom. The van der Waals surface area contributed by atoms with E-state index in [-0.39, 0.29) is 5.43 Å². The van der Waals surface area contributed by atoms with Gasteiger partial charge in [0.2, 0.25) is 5.43 Å². The van der Waals surface area contributed by atoms with Crippen molar-refractivity contribution in [2.75, 3.05) is 31.2 Å². The third-order valence-electron chi connectivity index (χ3n) is 3.62. The molecule has 1 fully saturated rings. The summed E-state index contributed by atoms with van der Waals surface area (Å²) in [7, 11) is 0. The van der Waals surface area contributed by atoms with E-state index in [1.54, 1.807) is 17.4 Å². The van der Waals surface area contributed by atoms with Crippen molar-refractivity contribution in [3.63, 3.8) is 0 Å². The van der Waals surface area contributed by atoms with Gasteiger partial charge in [-0.2, -0.15) is 11.3 Å². The third kappa shape index (κ3) is 2.91. The first kappa shape index (κ1) is 14.5. The van der Waals surface area contributed by atoms with Crippen LogP contribution in [-0.4, -0.2) is 26.3 Å². The lowest BCUT2D eigenvalue weighted by molar-refractivity contribution is 0.121. The van der Waals surface area contributed by atoms with Crippen LogP contribution in [0.1, 0.15) is 11.1 Å². The summed E-state index contributed by atoms with van der Waals surface area (Å²) in [6.45, 7) is 2.76. The van der Waals surface area contributed by atoms with Crippen molar-refractivity contribution in [3.05, 3.63) is 49.6 Å². The van der Waals surface area contributed by atoms with Crippen LogP contribution in [0.25, 0.3) is 10.3 Å². The second-order valence-corrected chi connectivity index (χ2v) is 6.78. The second-order valence-electron chi connectivity index (χ2n) is 5.12. The number of anilines is 1. The van der Waals surface area contributed by atoms with Crippen LogP contribution < -0.4 is 10.3 Å². The van der Waals surface area contributed by atoms with E-state index in [2.05, 4.69) is 11.8 Å². The summed E-state index contributed by atoms with van der Waals surface area (Å²) in [5, 5.41) is 5.88. The van der Waals surface area contributed by atoms with Crippen molar-refractivity contribution in [3.8, 4) is 11.8 Å². The molecule has 0 bridgehead atoms. The molecule has 0 amide bonds. The van der Waals surface area contributed by atoms with Crippen LogP contribution in [-0.2, 0) is 4.74 Å². The lowest BCUT2D eigenvalue weighted by atomic mass is 10.2. The summed E-state index contributed by atoms with van der Waals surface area (Å²) >= 11 is 3.00. The molecule has 0 unspecified atom stereocenters. The molecule has 4 rings (SSSR count). The Balaban J connectivity index is 1.77. The molecule has 1 aliphatic heterocycles. The lowest BCUT2D eigenvalue weighted by Crippen LogP contribution is -2.36. The summed E-state index contributed by atoms with van der Waals surface area (Å²) in [6, 6.07) is 3.54. The van der Waals surface area contributed by atoms with Crippen LogP contribution >= 0.6 is 22.7 Å². The van der Waals surface area contributed by atoms with Gasteiger partial charge in [-0.25, -0.2) is 0 Å². The van der Waals surface area contributed by atoms with Crippen LogP contribution in [0, 0.1) is 11.8 Å². The standard InChI is InChI=1S/C17H13NO3S2/c19-14-9-15(18-4-6-20-7-5-18)21-16-13(11-23-17(14)16)2-1-12-3-8-22-10-12/h3,8-11H,4-7H2. The molecule has 0 aromatic carbocycles. The molecule has 0 spiro atoms. The van der Waals surface area contributed by atoms with Gasteiger partial charge in [0.1, 0.15) is 4.70 Å². The number of ether oxygens (including phenoxy) is 1. The van der Waals surface area contributed by atoms with Crippen molar-refractivity contribution >= 4 is 38.8 Å². The molecule has 0 atom stereocenters. The van der Waals surface area contributed by atoms with Gasteiger partial charge < -0.3 is 14.1 Å². The molecule has 4 nitrogen and oxygen atoms in total. The molecule has 0 radical (unpaired) electrons. The minimum atomic E-state index is -0.0127. The van der Waals surface area contributed by atoms with Crippen molar-refractivity contribution in [1.82, 2.24) is 0 Å². The van der Waals surface area contributed by atoms with Crippen LogP contribution in [0.15, 0.2) is 37.5 Å². The lowest BCUT2D eigenvalue weighted by Gasteiger charge is -2.26. The predicted molar refractivity (Wildman–Crippen MR) is 93.7 cm³/mol. The molecule has 0 N–H and O–H groups in total.